The van der Waals surface area contributed by atoms with Crippen molar-refractivity contribution in [3.05, 3.63) is 45.3 Å². The van der Waals surface area contributed by atoms with Crippen LogP contribution < -0.4 is 0 Å². The smallest absolute Gasteiger partial charge is 0.381 e. The topological polar surface area (TPSA) is 63.4 Å². The van der Waals surface area contributed by atoms with E-state index in [-0.39, 0.29) is 5.56 Å². The maximum absolute atomic E-state index is 13.3. The Morgan fingerprint density at radius 1 is 1.32 bits per heavy atom. The lowest BCUT2D eigenvalue weighted by molar-refractivity contribution is -0.575. The van der Waals surface area contributed by atoms with Gasteiger partial charge in [-0.1, -0.05) is 6.07 Å². The number of nitrogens with zero attached hydrogens (tertiary/aromatic N) is 1. The van der Waals surface area contributed by atoms with Gasteiger partial charge in [0.25, 0.3) is 0 Å². The third kappa shape index (κ3) is 3.01. The van der Waals surface area contributed by atoms with Crippen LogP contribution in [0.1, 0.15) is 31.1 Å². The molecule has 0 bridgehead atoms. The zero-order valence-corrected chi connectivity index (χ0v) is 10.0. The Morgan fingerprint density at radius 3 is 2.21 bits per heavy atom. The minimum atomic E-state index is -4.85. The van der Waals surface area contributed by atoms with Gasteiger partial charge < -0.3 is 5.11 Å². The van der Waals surface area contributed by atoms with Crippen molar-refractivity contribution < 1.29 is 27.6 Å². The molecule has 0 aliphatic rings. The van der Waals surface area contributed by atoms with Gasteiger partial charge in [0.2, 0.25) is 5.54 Å². The first-order valence-corrected chi connectivity index (χ1v) is 5.17. The average molecular weight is 281 g/mol. The molecule has 1 rings (SSSR count). The van der Waals surface area contributed by atoms with E-state index in [0.717, 1.165) is 19.9 Å². The van der Waals surface area contributed by atoms with Crippen LogP contribution in [0.5, 0.6) is 0 Å². The van der Waals surface area contributed by atoms with E-state index in [9.17, 15) is 32.8 Å². The fourth-order valence-corrected chi connectivity index (χ4v) is 1.44. The van der Waals surface area contributed by atoms with Crippen molar-refractivity contribution in [3.8, 4) is 0 Å². The molecule has 0 saturated heterocycles. The van der Waals surface area contributed by atoms with Gasteiger partial charge in [-0.3, -0.25) is 10.1 Å². The van der Waals surface area contributed by atoms with Crippen molar-refractivity contribution in [1.29, 1.82) is 0 Å². The lowest BCUT2D eigenvalue weighted by Gasteiger charge is -2.22. The van der Waals surface area contributed by atoms with Gasteiger partial charge in [0.1, 0.15) is 11.9 Å². The summed E-state index contributed by atoms with van der Waals surface area (Å²) in [7, 11) is 0. The van der Waals surface area contributed by atoms with Crippen LogP contribution in [0.15, 0.2) is 18.2 Å². The molecule has 0 aliphatic heterocycles. The molecule has 4 nitrogen and oxygen atoms in total. The SMILES string of the molecule is CC(C)(C(O)c1ccc(C(F)(F)F)c(F)c1)[N+](=O)[O-]. The predicted molar refractivity (Wildman–Crippen MR) is 57.4 cm³/mol. The predicted octanol–water partition coefficient (Wildman–Crippen LogP) is 2.93. The van der Waals surface area contributed by atoms with Gasteiger partial charge in [-0.25, -0.2) is 4.39 Å². The highest BCUT2D eigenvalue weighted by Crippen LogP contribution is 2.34. The third-order valence-electron chi connectivity index (χ3n) is 2.75. The third-order valence-corrected chi connectivity index (χ3v) is 2.75. The van der Waals surface area contributed by atoms with Crippen LogP contribution in [0.4, 0.5) is 17.6 Å². The van der Waals surface area contributed by atoms with E-state index in [4.69, 9.17) is 0 Å². The first-order chi connectivity index (χ1) is 8.48. The minimum absolute atomic E-state index is 0.285. The largest absolute Gasteiger partial charge is 0.419 e. The summed E-state index contributed by atoms with van der Waals surface area (Å²) in [6.45, 7) is 2.18. The number of hydrogen-bond donors (Lipinski definition) is 1. The molecule has 0 heterocycles. The second-order valence-corrected chi connectivity index (χ2v) is 4.55. The van der Waals surface area contributed by atoms with Crippen LogP contribution in [-0.2, 0) is 6.18 Å². The molecule has 1 aromatic carbocycles. The van der Waals surface area contributed by atoms with Crippen LogP contribution in [0.2, 0.25) is 0 Å². The first-order valence-electron chi connectivity index (χ1n) is 5.17. The maximum atomic E-state index is 13.3. The Kier molecular flexibility index (Phi) is 3.85. The molecule has 0 spiro atoms. The van der Waals surface area contributed by atoms with Crippen molar-refractivity contribution in [2.75, 3.05) is 0 Å². The molecule has 106 valence electrons. The Hall–Kier alpha value is -1.70. The number of halogens is 4. The number of alkyl halides is 3. The summed E-state index contributed by atoms with van der Waals surface area (Å²) in [5.41, 5.74) is -3.61. The van der Waals surface area contributed by atoms with Gasteiger partial charge >= 0.3 is 6.18 Å². The molecular weight excluding hydrogens is 270 g/mol. The maximum Gasteiger partial charge on any atom is 0.419 e. The van der Waals surface area contributed by atoms with Crippen molar-refractivity contribution in [2.24, 2.45) is 0 Å². The van der Waals surface area contributed by atoms with Gasteiger partial charge in [0.05, 0.1) is 5.56 Å². The highest BCUT2D eigenvalue weighted by atomic mass is 19.4. The highest BCUT2D eigenvalue weighted by Gasteiger charge is 2.42. The molecule has 19 heavy (non-hydrogen) atoms. The normalized spacial score (nSPS) is 14.3. The summed E-state index contributed by atoms with van der Waals surface area (Å²) >= 11 is 0. The Balaban J connectivity index is 3.19. The monoisotopic (exact) mass is 281 g/mol. The average Bonchev–Trinajstić information content (AvgIpc) is 2.25. The molecule has 1 aromatic rings. The van der Waals surface area contributed by atoms with Crippen LogP contribution in [0, 0.1) is 15.9 Å². The fourth-order valence-electron chi connectivity index (χ4n) is 1.44. The molecule has 1 unspecified atom stereocenters. The van der Waals surface area contributed by atoms with E-state index in [1.807, 2.05) is 0 Å². The quantitative estimate of drug-likeness (QED) is 0.526. The van der Waals surface area contributed by atoms with E-state index >= 15 is 0 Å². The summed E-state index contributed by atoms with van der Waals surface area (Å²) < 4.78 is 50.3. The Labute approximate surface area is 105 Å². The van der Waals surface area contributed by atoms with Gasteiger partial charge in [-0.15, -0.1) is 0 Å². The molecule has 0 radical (unpaired) electrons. The van der Waals surface area contributed by atoms with Crippen LogP contribution >= 0.6 is 0 Å². The van der Waals surface area contributed by atoms with Crippen molar-refractivity contribution in [2.45, 2.75) is 31.7 Å². The van der Waals surface area contributed by atoms with E-state index in [1.54, 1.807) is 0 Å². The number of rotatable bonds is 3. The van der Waals surface area contributed by atoms with Crippen molar-refractivity contribution in [3.63, 3.8) is 0 Å². The second kappa shape index (κ2) is 4.76. The summed E-state index contributed by atoms with van der Waals surface area (Å²) in [6.07, 6.45) is -6.58. The lowest BCUT2D eigenvalue weighted by atomic mass is 9.91. The molecule has 0 aliphatic carbocycles. The zero-order chi connectivity index (χ0) is 15.0. The van der Waals surface area contributed by atoms with E-state index in [1.165, 1.54) is 0 Å². The lowest BCUT2D eigenvalue weighted by Crippen LogP contribution is -2.38. The minimum Gasteiger partial charge on any atom is -0.381 e. The fraction of sp³-hybridized carbons (Fsp3) is 0.455. The number of aliphatic hydroxyl groups excluding tert-OH is 1. The van der Waals surface area contributed by atoms with Crippen molar-refractivity contribution >= 4 is 0 Å². The molecule has 0 amide bonds. The Bertz CT molecular complexity index is 499. The summed E-state index contributed by atoms with van der Waals surface area (Å²) in [4.78, 5) is 9.93. The standard InChI is InChI=1S/C11H11F4NO3/c1-10(2,16(18)19)9(17)6-3-4-7(8(12)5-6)11(13,14)15/h3-5,9,17H,1-2H3. The Morgan fingerprint density at radius 2 is 1.84 bits per heavy atom. The first kappa shape index (κ1) is 15.4. The van der Waals surface area contributed by atoms with Gasteiger partial charge in [0, 0.05) is 18.8 Å². The van der Waals surface area contributed by atoms with E-state index in [2.05, 4.69) is 0 Å². The zero-order valence-electron chi connectivity index (χ0n) is 10.0. The van der Waals surface area contributed by atoms with E-state index < -0.39 is 34.1 Å². The van der Waals surface area contributed by atoms with Crippen LogP contribution in [0.3, 0.4) is 0 Å². The van der Waals surface area contributed by atoms with Crippen LogP contribution in [-0.4, -0.2) is 15.6 Å². The molecule has 1 N–H and O–H groups in total. The summed E-state index contributed by atoms with van der Waals surface area (Å²) in [5, 5.41) is 20.5. The highest BCUT2D eigenvalue weighted by molar-refractivity contribution is 5.28. The van der Waals surface area contributed by atoms with Crippen LogP contribution in [0.25, 0.3) is 0 Å². The molecular formula is C11H11F4NO3. The molecule has 1 atom stereocenters. The number of nitro groups is 1. The summed E-state index contributed by atoms with van der Waals surface area (Å²) in [5.74, 6) is -1.58. The van der Waals surface area contributed by atoms with E-state index in [0.29, 0.717) is 12.1 Å². The molecule has 0 fully saturated rings. The molecule has 8 heteroatoms. The van der Waals surface area contributed by atoms with Gasteiger partial charge in [-0.2, -0.15) is 13.2 Å². The van der Waals surface area contributed by atoms with Crippen molar-refractivity contribution in [1.82, 2.24) is 0 Å². The van der Waals surface area contributed by atoms with Gasteiger partial charge in [-0.05, 0) is 17.7 Å². The number of benzene rings is 1. The number of aliphatic hydroxyl groups is 1. The molecule has 0 saturated carbocycles. The van der Waals surface area contributed by atoms with Gasteiger partial charge in [0.15, 0.2) is 0 Å². The second-order valence-electron chi connectivity index (χ2n) is 4.55. The number of hydrogen-bond acceptors (Lipinski definition) is 3. The summed E-state index contributed by atoms with van der Waals surface area (Å²) in [6, 6.07) is 1.73. The molecule has 0 aromatic heterocycles.